The van der Waals surface area contributed by atoms with Crippen molar-refractivity contribution < 1.29 is 4.79 Å². The molecule has 0 spiro atoms. The highest BCUT2D eigenvalue weighted by Crippen LogP contribution is 2.37. The number of thiophene rings is 1. The third-order valence-electron chi connectivity index (χ3n) is 4.30. The zero-order valence-electron chi connectivity index (χ0n) is 11.6. The van der Waals surface area contributed by atoms with Gasteiger partial charge in [0.15, 0.2) is 5.78 Å². The summed E-state index contributed by atoms with van der Waals surface area (Å²) in [6.45, 7) is 4.56. The second-order valence-electron chi connectivity index (χ2n) is 6.12. The fourth-order valence-corrected chi connectivity index (χ4v) is 4.50. The fraction of sp³-hybridized carbons (Fsp3) is 0.471. The van der Waals surface area contributed by atoms with Gasteiger partial charge in [-0.3, -0.25) is 4.79 Å². The summed E-state index contributed by atoms with van der Waals surface area (Å²) in [4.78, 5) is 12.8. The molecule has 1 aliphatic carbocycles. The third kappa shape index (κ3) is 2.46. The lowest BCUT2D eigenvalue weighted by atomic mass is 9.74. The maximum absolute atomic E-state index is 12.8. The van der Waals surface area contributed by atoms with E-state index in [4.69, 9.17) is 0 Å². The van der Waals surface area contributed by atoms with Gasteiger partial charge in [-0.15, -0.1) is 11.3 Å². The molecule has 19 heavy (non-hydrogen) atoms. The van der Waals surface area contributed by atoms with Crippen LogP contribution >= 0.6 is 11.3 Å². The lowest BCUT2D eigenvalue weighted by Crippen LogP contribution is -2.25. The van der Waals surface area contributed by atoms with E-state index in [1.165, 1.54) is 11.1 Å². The Morgan fingerprint density at radius 1 is 1.11 bits per heavy atom. The first-order valence-corrected chi connectivity index (χ1v) is 8.03. The molecular weight excluding hydrogens is 252 g/mol. The van der Waals surface area contributed by atoms with Gasteiger partial charge < -0.3 is 0 Å². The predicted octanol–water partition coefficient (Wildman–Crippen LogP) is 5.16. The van der Waals surface area contributed by atoms with Crippen molar-refractivity contribution in [2.75, 3.05) is 0 Å². The SMILES string of the molecule is CC1CC(C)CC(C(=O)c2csc3ccccc23)C1. The van der Waals surface area contributed by atoms with Gasteiger partial charge in [0.25, 0.3) is 0 Å². The molecule has 1 nitrogen and oxygen atoms in total. The molecule has 0 aliphatic heterocycles. The Kier molecular flexibility index (Phi) is 3.44. The topological polar surface area (TPSA) is 17.1 Å². The van der Waals surface area contributed by atoms with Gasteiger partial charge in [0.05, 0.1) is 0 Å². The molecule has 0 saturated heterocycles. The second-order valence-corrected chi connectivity index (χ2v) is 7.04. The van der Waals surface area contributed by atoms with Crippen LogP contribution in [0.25, 0.3) is 10.1 Å². The van der Waals surface area contributed by atoms with Gasteiger partial charge in [0.1, 0.15) is 0 Å². The van der Waals surface area contributed by atoms with Crippen LogP contribution in [-0.4, -0.2) is 5.78 Å². The van der Waals surface area contributed by atoms with Gasteiger partial charge in [-0.05, 0) is 37.2 Å². The number of carbonyl (C=O) groups excluding carboxylic acids is 1. The highest BCUT2D eigenvalue weighted by molar-refractivity contribution is 7.17. The molecule has 0 amide bonds. The molecule has 1 saturated carbocycles. The number of hydrogen-bond donors (Lipinski definition) is 0. The molecule has 2 aromatic rings. The van der Waals surface area contributed by atoms with E-state index in [9.17, 15) is 4.79 Å². The van der Waals surface area contributed by atoms with Gasteiger partial charge in [-0.1, -0.05) is 32.0 Å². The molecule has 2 heteroatoms. The first-order chi connectivity index (χ1) is 9.15. The number of Topliss-reactive ketones (excluding diaryl/α,β-unsaturated/α-hetero) is 1. The van der Waals surface area contributed by atoms with E-state index in [2.05, 4.69) is 31.4 Å². The van der Waals surface area contributed by atoms with Crippen LogP contribution in [0.3, 0.4) is 0 Å². The van der Waals surface area contributed by atoms with Crippen LogP contribution < -0.4 is 0 Å². The Morgan fingerprint density at radius 2 is 1.79 bits per heavy atom. The summed E-state index contributed by atoms with van der Waals surface area (Å²) in [5.74, 6) is 1.97. The summed E-state index contributed by atoms with van der Waals surface area (Å²) in [5, 5.41) is 3.19. The number of rotatable bonds is 2. The van der Waals surface area contributed by atoms with Crippen LogP contribution in [0.4, 0.5) is 0 Å². The highest BCUT2D eigenvalue weighted by Gasteiger charge is 2.30. The van der Waals surface area contributed by atoms with Crippen LogP contribution in [0.1, 0.15) is 43.5 Å². The zero-order valence-corrected chi connectivity index (χ0v) is 12.4. The number of hydrogen-bond acceptors (Lipinski definition) is 2. The van der Waals surface area contributed by atoms with Crippen molar-refractivity contribution in [1.82, 2.24) is 0 Å². The van der Waals surface area contributed by atoms with Crippen molar-refractivity contribution in [2.45, 2.75) is 33.1 Å². The minimum absolute atomic E-state index is 0.233. The highest BCUT2D eigenvalue weighted by atomic mass is 32.1. The number of ketones is 1. The quantitative estimate of drug-likeness (QED) is 0.690. The van der Waals surface area contributed by atoms with E-state index >= 15 is 0 Å². The number of fused-ring (bicyclic) bond motifs is 1. The maximum atomic E-state index is 12.8. The minimum Gasteiger partial charge on any atom is -0.294 e. The van der Waals surface area contributed by atoms with Crippen molar-refractivity contribution in [3.05, 3.63) is 35.2 Å². The van der Waals surface area contributed by atoms with Crippen LogP contribution in [0.15, 0.2) is 29.6 Å². The second kappa shape index (κ2) is 5.09. The smallest absolute Gasteiger partial charge is 0.167 e. The summed E-state index contributed by atoms with van der Waals surface area (Å²) >= 11 is 1.69. The summed E-state index contributed by atoms with van der Waals surface area (Å²) in [6, 6.07) is 8.24. The summed E-state index contributed by atoms with van der Waals surface area (Å²) in [6.07, 6.45) is 3.40. The molecule has 1 fully saturated rings. The van der Waals surface area contributed by atoms with Gasteiger partial charge in [0, 0.05) is 26.9 Å². The van der Waals surface area contributed by atoms with Gasteiger partial charge in [-0.25, -0.2) is 0 Å². The first-order valence-electron chi connectivity index (χ1n) is 7.15. The van der Waals surface area contributed by atoms with E-state index in [1.54, 1.807) is 11.3 Å². The lowest BCUT2D eigenvalue weighted by molar-refractivity contribution is 0.0838. The molecule has 1 aromatic heterocycles. The molecule has 1 heterocycles. The largest absolute Gasteiger partial charge is 0.294 e. The van der Waals surface area contributed by atoms with Crippen molar-refractivity contribution >= 4 is 27.2 Å². The van der Waals surface area contributed by atoms with Crippen LogP contribution in [0.2, 0.25) is 0 Å². The molecule has 1 aliphatic rings. The monoisotopic (exact) mass is 272 g/mol. The van der Waals surface area contributed by atoms with E-state index in [1.807, 2.05) is 12.1 Å². The van der Waals surface area contributed by atoms with Crippen molar-refractivity contribution in [3.63, 3.8) is 0 Å². The standard InChI is InChI=1S/C17H20OS/c1-11-7-12(2)9-13(8-11)17(18)15-10-19-16-6-4-3-5-14(15)16/h3-6,10-13H,7-9H2,1-2H3. The molecule has 0 bridgehead atoms. The summed E-state index contributed by atoms with van der Waals surface area (Å²) in [7, 11) is 0. The Bertz CT molecular complexity index is 588. The average molecular weight is 272 g/mol. The molecule has 100 valence electrons. The Morgan fingerprint density at radius 3 is 2.53 bits per heavy atom. The van der Waals surface area contributed by atoms with Crippen LogP contribution in [0.5, 0.6) is 0 Å². The minimum atomic E-state index is 0.233. The molecule has 2 unspecified atom stereocenters. The van der Waals surface area contributed by atoms with E-state index in [0.29, 0.717) is 17.6 Å². The molecular formula is C17H20OS. The first kappa shape index (κ1) is 12.9. The Labute approximate surface area is 118 Å². The van der Waals surface area contributed by atoms with Crippen molar-refractivity contribution in [1.29, 1.82) is 0 Å². The molecule has 3 rings (SSSR count). The molecule has 0 radical (unpaired) electrons. The zero-order chi connectivity index (χ0) is 13.4. The van der Waals surface area contributed by atoms with Gasteiger partial charge in [-0.2, -0.15) is 0 Å². The summed E-state index contributed by atoms with van der Waals surface area (Å²) in [5.41, 5.74) is 0.951. The maximum Gasteiger partial charge on any atom is 0.167 e. The Balaban J connectivity index is 1.91. The van der Waals surface area contributed by atoms with Crippen LogP contribution in [-0.2, 0) is 0 Å². The van der Waals surface area contributed by atoms with E-state index in [0.717, 1.165) is 23.8 Å². The van der Waals surface area contributed by atoms with Crippen molar-refractivity contribution in [3.8, 4) is 0 Å². The molecule has 2 atom stereocenters. The van der Waals surface area contributed by atoms with Gasteiger partial charge >= 0.3 is 0 Å². The number of carbonyl (C=O) groups is 1. The predicted molar refractivity (Wildman–Crippen MR) is 81.8 cm³/mol. The lowest BCUT2D eigenvalue weighted by Gasteiger charge is -2.30. The number of benzene rings is 1. The molecule has 1 aromatic carbocycles. The molecule has 0 N–H and O–H groups in total. The Hall–Kier alpha value is -1.15. The fourth-order valence-electron chi connectivity index (χ4n) is 3.55. The van der Waals surface area contributed by atoms with E-state index < -0.39 is 0 Å². The van der Waals surface area contributed by atoms with E-state index in [-0.39, 0.29) is 5.92 Å². The van der Waals surface area contributed by atoms with Crippen molar-refractivity contribution in [2.24, 2.45) is 17.8 Å². The average Bonchev–Trinajstić information content (AvgIpc) is 2.80. The van der Waals surface area contributed by atoms with Crippen LogP contribution in [0, 0.1) is 17.8 Å². The third-order valence-corrected chi connectivity index (χ3v) is 5.26. The summed E-state index contributed by atoms with van der Waals surface area (Å²) < 4.78 is 1.22. The normalized spacial score (nSPS) is 27.6. The van der Waals surface area contributed by atoms with Gasteiger partial charge in [0.2, 0.25) is 0 Å².